The first-order valence-corrected chi connectivity index (χ1v) is 8.18. The Morgan fingerprint density at radius 2 is 1.70 bits per heavy atom. The van der Waals surface area contributed by atoms with Gasteiger partial charge in [0.05, 0.1) is 18.2 Å². The molecule has 1 saturated carbocycles. The lowest BCUT2D eigenvalue weighted by Gasteiger charge is -2.29. The molecule has 1 aliphatic carbocycles. The number of ether oxygens (including phenoxy) is 1. The molecule has 5 nitrogen and oxygen atoms in total. The van der Waals surface area contributed by atoms with E-state index in [1.807, 2.05) is 0 Å². The van der Waals surface area contributed by atoms with E-state index in [2.05, 4.69) is 0 Å². The van der Waals surface area contributed by atoms with Crippen LogP contribution in [0.3, 0.4) is 0 Å². The fourth-order valence-electron chi connectivity index (χ4n) is 3.67. The molecule has 0 saturated heterocycles. The molecular formula is C18H21NO4. The number of amides is 2. The fourth-order valence-corrected chi connectivity index (χ4v) is 3.67. The summed E-state index contributed by atoms with van der Waals surface area (Å²) in [7, 11) is 1.30. The number of benzene rings is 1. The van der Waals surface area contributed by atoms with E-state index in [-0.39, 0.29) is 0 Å². The SMILES string of the molecule is COC(=O)C(CC1CCCCC1)N1C(=O)c2ccccc2C1=O. The van der Waals surface area contributed by atoms with Crippen molar-refractivity contribution in [1.82, 2.24) is 4.90 Å². The molecule has 1 fully saturated rings. The van der Waals surface area contributed by atoms with Crippen LogP contribution in [-0.2, 0) is 9.53 Å². The summed E-state index contributed by atoms with van der Waals surface area (Å²) in [5, 5.41) is 0. The predicted octanol–water partition coefficient (Wildman–Crippen LogP) is 2.79. The van der Waals surface area contributed by atoms with Gasteiger partial charge in [0, 0.05) is 0 Å². The first-order valence-electron chi connectivity index (χ1n) is 8.18. The van der Waals surface area contributed by atoms with E-state index < -0.39 is 23.8 Å². The predicted molar refractivity (Wildman–Crippen MR) is 83.9 cm³/mol. The topological polar surface area (TPSA) is 63.7 Å². The van der Waals surface area contributed by atoms with Crippen LogP contribution in [0.2, 0.25) is 0 Å². The molecule has 3 rings (SSSR count). The number of fused-ring (bicyclic) bond motifs is 1. The van der Waals surface area contributed by atoms with E-state index in [4.69, 9.17) is 4.74 Å². The van der Waals surface area contributed by atoms with Crippen LogP contribution in [-0.4, -0.2) is 35.8 Å². The second kappa shape index (κ2) is 6.52. The van der Waals surface area contributed by atoms with Gasteiger partial charge in [-0.1, -0.05) is 44.2 Å². The van der Waals surface area contributed by atoms with Gasteiger partial charge in [0.1, 0.15) is 6.04 Å². The van der Waals surface area contributed by atoms with Gasteiger partial charge in [0.2, 0.25) is 0 Å². The number of carbonyl (C=O) groups excluding carboxylic acids is 3. The quantitative estimate of drug-likeness (QED) is 0.633. The summed E-state index contributed by atoms with van der Waals surface area (Å²) >= 11 is 0. The molecule has 0 radical (unpaired) electrons. The Balaban J connectivity index is 1.87. The van der Waals surface area contributed by atoms with Gasteiger partial charge in [-0.25, -0.2) is 4.79 Å². The van der Waals surface area contributed by atoms with Crippen molar-refractivity contribution in [2.24, 2.45) is 5.92 Å². The van der Waals surface area contributed by atoms with Crippen LogP contribution in [0.5, 0.6) is 0 Å². The van der Waals surface area contributed by atoms with Gasteiger partial charge in [0.15, 0.2) is 0 Å². The zero-order chi connectivity index (χ0) is 16.4. The second-order valence-corrected chi connectivity index (χ2v) is 6.30. The van der Waals surface area contributed by atoms with E-state index in [9.17, 15) is 14.4 Å². The van der Waals surface area contributed by atoms with Crippen molar-refractivity contribution in [2.45, 2.75) is 44.6 Å². The molecule has 1 aromatic rings. The lowest BCUT2D eigenvalue weighted by molar-refractivity contribution is -0.146. The monoisotopic (exact) mass is 315 g/mol. The lowest BCUT2D eigenvalue weighted by Crippen LogP contribution is -2.46. The zero-order valence-corrected chi connectivity index (χ0v) is 13.3. The van der Waals surface area contributed by atoms with Crippen molar-refractivity contribution in [3.63, 3.8) is 0 Å². The molecule has 0 N–H and O–H groups in total. The number of carbonyl (C=O) groups is 3. The molecule has 1 aromatic carbocycles. The summed E-state index contributed by atoms with van der Waals surface area (Å²) in [6, 6.07) is 5.88. The summed E-state index contributed by atoms with van der Waals surface area (Å²) in [4.78, 5) is 38.6. The molecule has 23 heavy (non-hydrogen) atoms. The Morgan fingerprint density at radius 3 is 2.22 bits per heavy atom. The Kier molecular flexibility index (Phi) is 4.46. The molecular weight excluding hydrogens is 294 g/mol. The van der Waals surface area contributed by atoms with Gasteiger partial charge in [-0.15, -0.1) is 0 Å². The summed E-state index contributed by atoms with van der Waals surface area (Å²) in [5.41, 5.74) is 0.741. The zero-order valence-electron chi connectivity index (χ0n) is 13.3. The van der Waals surface area contributed by atoms with Crippen LogP contribution in [0.15, 0.2) is 24.3 Å². The summed E-state index contributed by atoms with van der Waals surface area (Å²) < 4.78 is 4.88. The second-order valence-electron chi connectivity index (χ2n) is 6.30. The molecule has 1 atom stereocenters. The van der Waals surface area contributed by atoms with Crippen molar-refractivity contribution >= 4 is 17.8 Å². The third kappa shape index (κ3) is 2.87. The Morgan fingerprint density at radius 1 is 1.13 bits per heavy atom. The smallest absolute Gasteiger partial charge is 0.329 e. The molecule has 1 aliphatic heterocycles. The number of methoxy groups -OCH3 is 1. The number of esters is 1. The highest BCUT2D eigenvalue weighted by Gasteiger charge is 2.43. The highest BCUT2D eigenvalue weighted by Crippen LogP contribution is 2.32. The maximum Gasteiger partial charge on any atom is 0.329 e. The molecule has 5 heteroatoms. The minimum atomic E-state index is -0.824. The molecule has 0 bridgehead atoms. The van der Waals surface area contributed by atoms with Crippen LogP contribution in [0, 0.1) is 5.92 Å². The minimum Gasteiger partial charge on any atom is -0.467 e. The summed E-state index contributed by atoms with van der Waals surface area (Å²) in [6.45, 7) is 0. The van der Waals surface area contributed by atoms with Crippen molar-refractivity contribution in [2.75, 3.05) is 7.11 Å². The number of nitrogens with zero attached hydrogens (tertiary/aromatic N) is 1. The van der Waals surface area contributed by atoms with Crippen molar-refractivity contribution in [1.29, 1.82) is 0 Å². The fraction of sp³-hybridized carbons (Fsp3) is 0.500. The largest absolute Gasteiger partial charge is 0.467 e. The van der Waals surface area contributed by atoms with Gasteiger partial charge in [-0.05, 0) is 24.5 Å². The van der Waals surface area contributed by atoms with Crippen molar-refractivity contribution < 1.29 is 19.1 Å². The van der Waals surface area contributed by atoms with Gasteiger partial charge in [-0.3, -0.25) is 14.5 Å². The molecule has 1 unspecified atom stereocenters. The first kappa shape index (κ1) is 15.7. The van der Waals surface area contributed by atoms with Gasteiger partial charge in [-0.2, -0.15) is 0 Å². The third-order valence-electron chi connectivity index (χ3n) is 4.89. The van der Waals surface area contributed by atoms with E-state index in [0.29, 0.717) is 23.5 Å². The van der Waals surface area contributed by atoms with Gasteiger partial charge >= 0.3 is 5.97 Å². The highest BCUT2D eigenvalue weighted by atomic mass is 16.5. The average Bonchev–Trinajstić information content (AvgIpc) is 2.85. The van der Waals surface area contributed by atoms with Crippen LogP contribution in [0.1, 0.15) is 59.2 Å². The standard InChI is InChI=1S/C18H21NO4/c1-23-18(22)15(11-12-7-3-2-4-8-12)19-16(20)13-9-5-6-10-14(13)17(19)21/h5-6,9-10,12,15H,2-4,7-8,11H2,1H3. The Labute approximate surface area is 135 Å². The number of hydrogen-bond donors (Lipinski definition) is 0. The van der Waals surface area contributed by atoms with Crippen LogP contribution >= 0.6 is 0 Å². The highest BCUT2D eigenvalue weighted by molar-refractivity contribution is 6.22. The minimum absolute atomic E-state index is 0.358. The lowest BCUT2D eigenvalue weighted by atomic mass is 9.84. The first-order chi connectivity index (χ1) is 11.1. The Bertz CT molecular complexity index is 599. The summed E-state index contributed by atoms with van der Waals surface area (Å²) in [6.07, 6.45) is 6.07. The number of hydrogen-bond acceptors (Lipinski definition) is 4. The molecule has 122 valence electrons. The number of rotatable bonds is 4. The Hall–Kier alpha value is -2.17. The molecule has 2 amide bonds. The molecule has 0 aromatic heterocycles. The molecule has 2 aliphatic rings. The van der Waals surface area contributed by atoms with Gasteiger partial charge < -0.3 is 4.74 Å². The third-order valence-corrected chi connectivity index (χ3v) is 4.89. The average molecular weight is 315 g/mol. The van der Waals surface area contributed by atoms with Crippen LogP contribution < -0.4 is 0 Å². The summed E-state index contributed by atoms with van der Waals surface area (Å²) in [5.74, 6) is -0.934. The van der Waals surface area contributed by atoms with E-state index in [1.54, 1.807) is 24.3 Å². The van der Waals surface area contributed by atoms with E-state index in [0.717, 1.165) is 30.6 Å². The van der Waals surface area contributed by atoms with Crippen molar-refractivity contribution in [3.8, 4) is 0 Å². The van der Waals surface area contributed by atoms with E-state index >= 15 is 0 Å². The normalized spacial score (nSPS) is 19.6. The maximum atomic E-state index is 12.6. The molecule has 1 heterocycles. The van der Waals surface area contributed by atoms with Crippen LogP contribution in [0.4, 0.5) is 0 Å². The maximum absolute atomic E-state index is 12.6. The van der Waals surface area contributed by atoms with E-state index in [1.165, 1.54) is 13.5 Å². The van der Waals surface area contributed by atoms with Crippen LogP contribution in [0.25, 0.3) is 0 Å². The number of imide groups is 1. The molecule has 0 spiro atoms. The van der Waals surface area contributed by atoms with Crippen molar-refractivity contribution in [3.05, 3.63) is 35.4 Å². The van der Waals surface area contributed by atoms with Gasteiger partial charge in [0.25, 0.3) is 11.8 Å².